The number of hydrogen-bond donors (Lipinski definition) is 3. The Balaban J connectivity index is -0.0000000825. The molecule has 0 aliphatic heterocycles. The van der Waals surface area contributed by atoms with Crippen LogP contribution in [0.5, 0.6) is 0 Å². The van der Waals surface area contributed by atoms with E-state index >= 15 is 0 Å². The Hall–Kier alpha value is 1.02. The van der Waals surface area contributed by atoms with E-state index in [1.54, 1.807) is 0 Å². The van der Waals surface area contributed by atoms with Crippen molar-refractivity contribution in [2.45, 2.75) is 37.4 Å². The zero-order valence-corrected chi connectivity index (χ0v) is 17.5. The standard InChI is InChI=1S/C6H13.3CH3NS2.Mo/c1-3-5-6-4-2;3*2-1(3)4;/h1,3-6H2,2H3;3*(H3,2,3,4);/q;;;;+3/p-3. The minimum atomic E-state index is 0.0833. The fourth-order valence-corrected chi connectivity index (χ4v) is 1.03. The van der Waals surface area contributed by atoms with Gasteiger partial charge in [0.15, 0.2) is 0 Å². The molecule has 0 spiro atoms. The van der Waals surface area contributed by atoms with Crippen LogP contribution in [-0.4, -0.2) is 13.0 Å². The van der Waals surface area contributed by atoms with Gasteiger partial charge in [-0.05, 0) is 0 Å². The van der Waals surface area contributed by atoms with Crippen molar-refractivity contribution in [3.8, 4) is 0 Å². The van der Waals surface area contributed by atoms with Gasteiger partial charge < -0.3 is 91.7 Å². The van der Waals surface area contributed by atoms with Gasteiger partial charge in [0.25, 0.3) is 0 Å². The van der Waals surface area contributed by atoms with Gasteiger partial charge in [0.2, 0.25) is 0 Å². The molecule has 0 radical (unpaired) electrons. The second-order valence-corrected chi connectivity index (χ2v) is 7.14. The minimum absolute atomic E-state index is 0.0833. The smallest absolute Gasteiger partial charge is 0.0708 e. The summed E-state index contributed by atoms with van der Waals surface area (Å²) in [4.78, 5) is 1.37. The monoisotopic (exact) mass is 459 g/mol. The van der Waals surface area contributed by atoms with Crippen molar-refractivity contribution in [2.75, 3.05) is 0 Å². The normalized spacial score (nSPS) is 7.16. The summed E-state index contributed by atoms with van der Waals surface area (Å²) in [5, 5.41) is 0. The van der Waals surface area contributed by atoms with Gasteiger partial charge in [0.1, 0.15) is 0 Å². The average molecular weight is 458 g/mol. The average Bonchev–Trinajstić information content (AvgIpc) is 2.15. The van der Waals surface area contributed by atoms with Crippen molar-refractivity contribution in [1.29, 1.82) is 0 Å². The molecule has 0 aromatic heterocycles. The Kier molecular flexibility index (Phi) is 40.7. The molecule has 0 bridgehead atoms. The third-order valence-corrected chi connectivity index (χ3v) is 1.71. The fourth-order valence-electron chi connectivity index (χ4n) is 0.529. The minimum Gasteiger partial charge on any atom is -0.415 e. The van der Waals surface area contributed by atoms with E-state index in [4.69, 9.17) is 0 Å². The summed E-state index contributed by atoms with van der Waals surface area (Å²) >= 11 is 27.0. The molecule has 0 amide bonds. The van der Waals surface area contributed by atoms with Crippen LogP contribution < -0.4 is 17.2 Å². The number of rotatable bonds is 4. The summed E-state index contributed by atoms with van der Waals surface area (Å²) < 4.78 is 0.250. The van der Waals surface area contributed by atoms with Gasteiger partial charge in [-0.15, -0.1) is 0 Å². The van der Waals surface area contributed by atoms with Crippen LogP contribution in [-0.2, 0) is 57.7 Å². The van der Waals surface area contributed by atoms with Gasteiger partial charge in [-0.2, -0.15) is 0 Å². The maximum absolute atomic E-state index is 4.66. The van der Waals surface area contributed by atoms with Crippen LogP contribution in [0, 0.1) is 0 Å². The van der Waals surface area contributed by atoms with Crippen molar-refractivity contribution in [3.63, 3.8) is 0 Å². The molecule has 0 saturated heterocycles. The molecule has 0 aliphatic rings. The van der Waals surface area contributed by atoms with Crippen molar-refractivity contribution >= 4 is 87.5 Å². The molecule has 3 nitrogen and oxygen atoms in total. The molecule has 0 aromatic carbocycles. The molecule has 0 aliphatic carbocycles. The van der Waals surface area contributed by atoms with E-state index in [9.17, 15) is 0 Å². The Morgan fingerprint density at radius 3 is 1.26 bits per heavy atom. The summed E-state index contributed by atoms with van der Waals surface area (Å²) in [6, 6.07) is 0. The first-order chi connectivity index (χ1) is 8.61. The molecule has 0 aromatic rings. The fraction of sp³-hybridized carbons (Fsp3) is 0.667. The van der Waals surface area contributed by atoms with Gasteiger partial charge in [0.05, 0.1) is 0 Å². The quantitative estimate of drug-likeness (QED) is 0.254. The molecule has 0 rings (SSSR count). The van der Waals surface area contributed by atoms with Crippen LogP contribution in [0.1, 0.15) is 32.6 Å². The van der Waals surface area contributed by atoms with E-state index < -0.39 is 0 Å². The molecular formula is C9H19MoN3S6. The molecule has 19 heavy (non-hydrogen) atoms. The Morgan fingerprint density at radius 2 is 1.11 bits per heavy atom. The maximum atomic E-state index is 4.66. The van der Waals surface area contributed by atoms with Gasteiger partial charge in [-0.3, -0.25) is 0 Å². The molecular weight excluding hydrogens is 438 g/mol. The van der Waals surface area contributed by atoms with Gasteiger partial charge in [-0.1, -0.05) is 13.0 Å². The number of hydrogen-bond acceptors (Lipinski definition) is 6. The molecule has 0 atom stereocenters. The molecule has 112 valence electrons. The van der Waals surface area contributed by atoms with Crippen molar-refractivity contribution < 1.29 is 19.8 Å². The first kappa shape index (κ1) is 28.2. The summed E-state index contributed by atoms with van der Waals surface area (Å²) in [6.45, 7) is 2.25. The van der Waals surface area contributed by atoms with E-state index in [1.165, 1.54) is 30.5 Å². The topological polar surface area (TPSA) is 78.1 Å². The molecule has 6 N–H and O–H groups in total. The van der Waals surface area contributed by atoms with Crippen LogP contribution >= 0.6 is 36.7 Å². The number of thiocarbonyl (C=S) groups is 3. The predicted octanol–water partition coefficient (Wildman–Crippen LogP) is 1.86. The van der Waals surface area contributed by atoms with Crippen LogP contribution in [0.25, 0.3) is 0 Å². The summed E-state index contributed by atoms with van der Waals surface area (Å²) in [5.74, 6) is 0. The zero-order chi connectivity index (χ0) is 16.3. The third kappa shape index (κ3) is 219. The molecule has 0 fully saturated rings. The summed E-state index contributed by atoms with van der Waals surface area (Å²) in [7, 11) is 0. The third-order valence-electron chi connectivity index (χ3n) is 0.998. The first-order valence-electron chi connectivity index (χ1n) is 5.09. The summed E-state index contributed by atoms with van der Waals surface area (Å²) in [6.07, 6.45) is 5.66. The van der Waals surface area contributed by atoms with E-state index in [0.29, 0.717) is 0 Å². The summed E-state index contributed by atoms with van der Waals surface area (Å²) in [5.41, 5.74) is 14.0. The van der Waals surface area contributed by atoms with Gasteiger partial charge >= 0.3 is 57.2 Å². The Bertz CT molecular complexity index is 183. The Labute approximate surface area is 160 Å². The number of nitrogens with two attached hydrogens (primary N) is 3. The van der Waals surface area contributed by atoms with E-state index in [-0.39, 0.29) is 13.0 Å². The molecule has 10 heteroatoms. The van der Waals surface area contributed by atoms with Gasteiger partial charge in [-0.25, -0.2) is 0 Å². The molecule has 0 heterocycles. The Morgan fingerprint density at radius 1 is 0.842 bits per heavy atom. The predicted molar refractivity (Wildman–Crippen MR) is 101 cm³/mol. The second kappa shape index (κ2) is 27.4. The van der Waals surface area contributed by atoms with Crippen LogP contribution in [0.2, 0.25) is 4.81 Å². The van der Waals surface area contributed by atoms with Gasteiger partial charge in [0, 0.05) is 0 Å². The first-order valence-corrected chi connectivity index (χ1v) is 8.96. The van der Waals surface area contributed by atoms with Crippen molar-refractivity contribution in [1.82, 2.24) is 0 Å². The SMILES string of the molecule is CCCCC[CH2][Mo+3].NC(=S)[S-].NC(=S)[S-].NC(=S)[S-]. The second-order valence-electron chi connectivity index (χ2n) is 2.72. The van der Waals surface area contributed by atoms with E-state index in [2.05, 4.69) is 118 Å². The molecule has 0 saturated carbocycles. The largest absolute Gasteiger partial charge is 0.415 e. The van der Waals surface area contributed by atoms with Crippen LogP contribution in [0.4, 0.5) is 0 Å². The van der Waals surface area contributed by atoms with E-state index in [1.807, 2.05) is 0 Å². The van der Waals surface area contributed by atoms with Crippen LogP contribution in [0.3, 0.4) is 0 Å². The van der Waals surface area contributed by atoms with Crippen molar-refractivity contribution in [3.05, 3.63) is 0 Å². The number of unbranched alkanes of at least 4 members (excludes halogenated alkanes) is 3. The maximum Gasteiger partial charge on any atom is -0.0708 e. The van der Waals surface area contributed by atoms with Crippen molar-refractivity contribution in [2.24, 2.45) is 17.2 Å². The van der Waals surface area contributed by atoms with E-state index in [0.717, 1.165) is 0 Å². The zero-order valence-electron chi connectivity index (χ0n) is 10.6. The molecule has 0 unspecified atom stereocenters. The van der Waals surface area contributed by atoms with Crippen LogP contribution in [0.15, 0.2) is 0 Å².